The van der Waals surface area contributed by atoms with Crippen LogP contribution in [0.4, 0.5) is 0 Å². The van der Waals surface area contributed by atoms with Gasteiger partial charge in [0, 0.05) is 18.3 Å². The molecule has 0 amide bonds. The summed E-state index contributed by atoms with van der Waals surface area (Å²) in [5, 5.41) is 6.10. The minimum Gasteiger partial charge on any atom is -0.468 e. The van der Waals surface area contributed by atoms with Gasteiger partial charge in [0.25, 0.3) is 0 Å². The van der Waals surface area contributed by atoms with Gasteiger partial charge in [-0.15, -0.1) is 11.3 Å². The molecular formula is C9H14N2O2S. The van der Waals surface area contributed by atoms with Gasteiger partial charge >= 0.3 is 5.97 Å². The maximum absolute atomic E-state index is 10.7. The van der Waals surface area contributed by atoms with E-state index in [2.05, 4.69) is 15.0 Å². The number of hydrogen-bond acceptors (Lipinski definition) is 5. The van der Waals surface area contributed by atoms with E-state index in [1.54, 1.807) is 11.3 Å². The minimum atomic E-state index is -0.237. The molecule has 5 heteroatoms. The highest BCUT2D eigenvalue weighted by atomic mass is 32.1. The third-order valence-corrected chi connectivity index (χ3v) is 2.54. The normalized spacial score (nSPS) is 10.1. The Morgan fingerprint density at radius 1 is 1.71 bits per heavy atom. The molecule has 0 bridgehead atoms. The second-order valence-corrected chi connectivity index (χ2v) is 3.92. The number of nitrogens with one attached hydrogen (secondary N) is 1. The van der Waals surface area contributed by atoms with Crippen LogP contribution in [0.3, 0.4) is 0 Å². The number of ether oxygens (including phenoxy) is 1. The van der Waals surface area contributed by atoms with Crippen LogP contribution in [0.25, 0.3) is 0 Å². The summed E-state index contributed by atoms with van der Waals surface area (Å²) >= 11 is 1.64. The zero-order chi connectivity index (χ0) is 10.4. The van der Waals surface area contributed by atoms with Crippen molar-refractivity contribution >= 4 is 17.3 Å². The molecule has 78 valence electrons. The predicted octanol–water partition coefficient (Wildman–Crippen LogP) is 0.757. The highest BCUT2D eigenvalue weighted by Crippen LogP contribution is 2.07. The van der Waals surface area contributed by atoms with Crippen LogP contribution >= 0.6 is 11.3 Å². The third-order valence-electron chi connectivity index (χ3n) is 1.72. The molecule has 1 aromatic rings. The molecule has 0 radical (unpaired) electrons. The lowest BCUT2D eigenvalue weighted by molar-refractivity contribution is -0.139. The van der Waals surface area contributed by atoms with E-state index in [-0.39, 0.29) is 12.5 Å². The lowest BCUT2D eigenvalue weighted by Crippen LogP contribution is -2.25. The number of aromatic nitrogens is 1. The van der Waals surface area contributed by atoms with Gasteiger partial charge in [0.05, 0.1) is 24.4 Å². The first-order valence-electron chi connectivity index (χ1n) is 4.41. The van der Waals surface area contributed by atoms with Gasteiger partial charge in [0.1, 0.15) is 0 Å². The van der Waals surface area contributed by atoms with Crippen LogP contribution < -0.4 is 5.32 Å². The molecule has 0 saturated carbocycles. The first-order valence-corrected chi connectivity index (χ1v) is 5.29. The zero-order valence-electron chi connectivity index (χ0n) is 8.37. The highest BCUT2D eigenvalue weighted by Gasteiger charge is 2.00. The Bertz CT molecular complexity index is 299. The molecule has 1 aromatic heterocycles. The van der Waals surface area contributed by atoms with Gasteiger partial charge in [-0.05, 0) is 6.92 Å². The monoisotopic (exact) mass is 214 g/mol. The number of carbonyl (C=O) groups excluding carboxylic acids is 1. The van der Waals surface area contributed by atoms with E-state index in [0.29, 0.717) is 0 Å². The smallest absolute Gasteiger partial charge is 0.319 e. The molecule has 0 unspecified atom stereocenters. The Labute approximate surface area is 87.3 Å². The Hall–Kier alpha value is -0.940. The highest BCUT2D eigenvalue weighted by molar-refractivity contribution is 7.09. The first-order chi connectivity index (χ1) is 6.72. The summed E-state index contributed by atoms with van der Waals surface area (Å²) in [6, 6.07) is 0. The standard InChI is InChI=1S/C9H14N2O2S/c1-7-11-8(6-14-7)3-4-10-5-9(12)13-2/h6,10H,3-5H2,1-2H3. The van der Waals surface area contributed by atoms with Gasteiger partial charge in [0.15, 0.2) is 0 Å². The van der Waals surface area contributed by atoms with Gasteiger partial charge in [-0.1, -0.05) is 0 Å². The molecule has 14 heavy (non-hydrogen) atoms. The lowest BCUT2D eigenvalue weighted by Gasteiger charge is -2.00. The topological polar surface area (TPSA) is 51.2 Å². The van der Waals surface area contributed by atoms with Crippen molar-refractivity contribution in [2.75, 3.05) is 20.2 Å². The molecule has 1 rings (SSSR count). The summed E-state index contributed by atoms with van der Waals surface area (Å²) in [6.07, 6.45) is 0.849. The Kier molecular flexibility index (Phi) is 4.55. The second-order valence-electron chi connectivity index (χ2n) is 2.86. The maximum atomic E-state index is 10.7. The molecule has 0 spiro atoms. The van der Waals surface area contributed by atoms with Crippen LogP contribution in [0, 0.1) is 6.92 Å². The van der Waals surface area contributed by atoms with E-state index in [0.717, 1.165) is 23.7 Å². The van der Waals surface area contributed by atoms with Crippen molar-refractivity contribution in [1.82, 2.24) is 10.3 Å². The van der Waals surface area contributed by atoms with Crippen molar-refractivity contribution in [3.63, 3.8) is 0 Å². The molecule has 4 nitrogen and oxygen atoms in total. The van der Waals surface area contributed by atoms with Crippen LogP contribution in [0.5, 0.6) is 0 Å². The second kappa shape index (κ2) is 5.72. The average Bonchev–Trinajstić information content (AvgIpc) is 2.58. The number of rotatable bonds is 5. The van der Waals surface area contributed by atoms with E-state index < -0.39 is 0 Å². The molecule has 0 aliphatic rings. The molecule has 0 aliphatic carbocycles. The Balaban J connectivity index is 2.13. The van der Waals surface area contributed by atoms with E-state index in [1.165, 1.54) is 7.11 Å². The fourth-order valence-electron chi connectivity index (χ4n) is 1.00. The van der Waals surface area contributed by atoms with Gasteiger partial charge in [0.2, 0.25) is 0 Å². The van der Waals surface area contributed by atoms with Gasteiger partial charge < -0.3 is 10.1 Å². The van der Waals surface area contributed by atoms with Crippen LogP contribution in [0.2, 0.25) is 0 Å². The minimum absolute atomic E-state index is 0.237. The Morgan fingerprint density at radius 2 is 2.50 bits per heavy atom. The summed E-state index contributed by atoms with van der Waals surface area (Å²) in [4.78, 5) is 15.0. The number of nitrogens with zero attached hydrogens (tertiary/aromatic N) is 1. The van der Waals surface area contributed by atoms with Crippen molar-refractivity contribution in [1.29, 1.82) is 0 Å². The predicted molar refractivity (Wildman–Crippen MR) is 55.4 cm³/mol. The van der Waals surface area contributed by atoms with Crippen molar-refractivity contribution in [2.45, 2.75) is 13.3 Å². The van der Waals surface area contributed by atoms with Gasteiger partial charge in [-0.3, -0.25) is 4.79 Å². The van der Waals surface area contributed by atoms with E-state index in [1.807, 2.05) is 12.3 Å². The van der Waals surface area contributed by atoms with E-state index in [9.17, 15) is 4.79 Å². The van der Waals surface area contributed by atoms with Crippen molar-refractivity contribution in [2.24, 2.45) is 0 Å². The molecule has 0 aromatic carbocycles. The fraction of sp³-hybridized carbons (Fsp3) is 0.556. The first kappa shape index (κ1) is 11.1. The number of carbonyl (C=O) groups is 1. The molecule has 1 heterocycles. The number of esters is 1. The molecule has 0 aliphatic heterocycles. The molecule has 0 saturated heterocycles. The van der Waals surface area contributed by atoms with Crippen LogP contribution in [0.15, 0.2) is 5.38 Å². The van der Waals surface area contributed by atoms with Crippen LogP contribution in [-0.2, 0) is 16.0 Å². The maximum Gasteiger partial charge on any atom is 0.319 e. The van der Waals surface area contributed by atoms with Crippen LogP contribution in [-0.4, -0.2) is 31.2 Å². The van der Waals surface area contributed by atoms with Crippen molar-refractivity contribution < 1.29 is 9.53 Å². The number of aryl methyl sites for hydroxylation is 1. The van der Waals surface area contributed by atoms with Crippen molar-refractivity contribution in [3.8, 4) is 0 Å². The van der Waals surface area contributed by atoms with E-state index in [4.69, 9.17) is 0 Å². The molecule has 1 N–H and O–H groups in total. The summed E-state index contributed by atoms with van der Waals surface area (Å²) < 4.78 is 4.49. The van der Waals surface area contributed by atoms with Crippen molar-refractivity contribution in [3.05, 3.63) is 16.1 Å². The summed E-state index contributed by atoms with van der Waals surface area (Å²) in [6.45, 7) is 2.99. The fourth-order valence-corrected chi connectivity index (χ4v) is 1.65. The summed E-state index contributed by atoms with van der Waals surface area (Å²) in [7, 11) is 1.38. The van der Waals surface area contributed by atoms with Crippen LogP contribution in [0.1, 0.15) is 10.7 Å². The number of hydrogen-bond donors (Lipinski definition) is 1. The summed E-state index contributed by atoms with van der Waals surface area (Å²) in [5.74, 6) is -0.237. The zero-order valence-corrected chi connectivity index (χ0v) is 9.19. The molecular weight excluding hydrogens is 200 g/mol. The third kappa shape index (κ3) is 3.85. The average molecular weight is 214 g/mol. The SMILES string of the molecule is COC(=O)CNCCc1csc(C)n1. The van der Waals surface area contributed by atoms with Gasteiger partial charge in [-0.25, -0.2) is 4.98 Å². The number of thiazole rings is 1. The largest absolute Gasteiger partial charge is 0.468 e. The Morgan fingerprint density at radius 3 is 3.07 bits per heavy atom. The lowest BCUT2D eigenvalue weighted by atomic mass is 10.3. The molecule has 0 fully saturated rings. The summed E-state index contributed by atoms with van der Waals surface area (Å²) in [5.41, 5.74) is 1.07. The van der Waals surface area contributed by atoms with Gasteiger partial charge in [-0.2, -0.15) is 0 Å². The molecule has 0 atom stereocenters. The number of methoxy groups -OCH3 is 1. The van der Waals surface area contributed by atoms with E-state index >= 15 is 0 Å². The quantitative estimate of drug-likeness (QED) is 0.580.